The van der Waals surface area contributed by atoms with Crippen LogP contribution in [-0.2, 0) is 6.54 Å². The van der Waals surface area contributed by atoms with E-state index in [4.69, 9.17) is 9.47 Å². The standard InChI is InChI=1S/C23H27N3O5/c1-14(2)9-10-24-21(27)16-7-5-15(6-8-16)13-26-22(28)17-11-19(30-3)20(31-4)12-18(17)25-23(26)29/h5-8,11-12,14H,9-10,13H2,1-4H3,(H,24,27)(H,25,29). The minimum atomic E-state index is -0.528. The summed E-state index contributed by atoms with van der Waals surface area (Å²) in [7, 11) is 2.96. The minimum Gasteiger partial charge on any atom is -0.493 e. The molecular formula is C23H27N3O5. The fourth-order valence-electron chi connectivity index (χ4n) is 3.24. The highest BCUT2D eigenvalue weighted by atomic mass is 16.5. The van der Waals surface area contributed by atoms with Gasteiger partial charge in [-0.1, -0.05) is 26.0 Å². The van der Waals surface area contributed by atoms with Crippen LogP contribution in [0.1, 0.15) is 36.2 Å². The Hall–Kier alpha value is -3.55. The van der Waals surface area contributed by atoms with Gasteiger partial charge in [0.1, 0.15) is 0 Å². The lowest BCUT2D eigenvalue weighted by atomic mass is 10.1. The Bertz CT molecular complexity index is 1190. The number of rotatable bonds is 8. The molecule has 1 amide bonds. The summed E-state index contributed by atoms with van der Waals surface area (Å²) in [5.41, 5.74) is 0.669. The molecule has 2 aromatic carbocycles. The van der Waals surface area contributed by atoms with Gasteiger partial charge >= 0.3 is 5.69 Å². The molecule has 0 unspecified atom stereocenters. The number of amides is 1. The number of aromatic nitrogens is 2. The Morgan fingerprint density at radius 2 is 1.71 bits per heavy atom. The SMILES string of the molecule is COc1cc2[nH]c(=O)n(Cc3ccc(C(=O)NCCC(C)C)cc3)c(=O)c2cc1OC. The van der Waals surface area contributed by atoms with Gasteiger partial charge in [-0.15, -0.1) is 0 Å². The van der Waals surface area contributed by atoms with Crippen LogP contribution in [0.5, 0.6) is 11.5 Å². The van der Waals surface area contributed by atoms with E-state index < -0.39 is 11.2 Å². The molecule has 2 N–H and O–H groups in total. The Morgan fingerprint density at radius 1 is 1.06 bits per heavy atom. The number of aromatic amines is 1. The van der Waals surface area contributed by atoms with Crippen LogP contribution in [0.2, 0.25) is 0 Å². The van der Waals surface area contributed by atoms with Gasteiger partial charge in [0, 0.05) is 18.2 Å². The third-order valence-electron chi connectivity index (χ3n) is 5.05. The van der Waals surface area contributed by atoms with Gasteiger partial charge in [-0.25, -0.2) is 4.79 Å². The van der Waals surface area contributed by atoms with Gasteiger partial charge in [0.25, 0.3) is 11.5 Å². The third kappa shape index (κ3) is 4.96. The highest BCUT2D eigenvalue weighted by Gasteiger charge is 2.13. The predicted molar refractivity (Wildman–Crippen MR) is 119 cm³/mol. The number of fused-ring (bicyclic) bond motifs is 1. The van der Waals surface area contributed by atoms with Crippen LogP contribution >= 0.6 is 0 Å². The average molecular weight is 425 g/mol. The minimum absolute atomic E-state index is 0.0771. The smallest absolute Gasteiger partial charge is 0.329 e. The van der Waals surface area contributed by atoms with Crippen molar-refractivity contribution in [3.8, 4) is 11.5 Å². The summed E-state index contributed by atoms with van der Waals surface area (Å²) in [6.45, 7) is 4.90. The van der Waals surface area contributed by atoms with Gasteiger partial charge in [0.05, 0.1) is 31.7 Å². The van der Waals surface area contributed by atoms with Gasteiger partial charge < -0.3 is 19.8 Å². The predicted octanol–water partition coefficient (Wildman–Crippen LogP) is 2.53. The monoisotopic (exact) mass is 425 g/mol. The number of hydrogen-bond acceptors (Lipinski definition) is 5. The zero-order valence-corrected chi connectivity index (χ0v) is 18.2. The van der Waals surface area contributed by atoms with Crippen molar-refractivity contribution in [3.63, 3.8) is 0 Å². The maximum atomic E-state index is 13.0. The normalized spacial score (nSPS) is 11.0. The summed E-state index contributed by atoms with van der Waals surface area (Å²) >= 11 is 0. The average Bonchev–Trinajstić information content (AvgIpc) is 2.75. The van der Waals surface area contributed by atoms with Gasteiger partial charge in [-0.3, -0.25) is 14.2 Å². The maximum Gasteiger partial charge on any atom is 0.329 e. The molecule has 8 nitrogen and oxygen atoms in total. The van der Waals surface area contributed by atoms with Crippen molar-refractivity contribution in [1.29, 1.82) is 0 Å². The molecule has 0 aliphatic carbocycles. The molecule has 0 spiro atoms. The topological polar surface area (TPSA) is 102 Å². The lowest BCUT2D eigenvalue weighted by molar-refractivity contribution is 0.0952. The van der Waals surface area contributed by atoms with Crippen molar-refractivity contribution in [3.05, 3.63) is 68.4 Å². The van der Waals surface area contributed by atoms with E-state index in [0.29, 0.717) is 40.4 Å². The second-order valence-corrected chi connectivity index (χ2v) is 7.71. The van der Waals surface area contributed by atoms with Gasteiger partial charge in [0.15, 0.2) is 11.5 Å². The van der Waals surface area contributed by atoms with Crippen LogP contribution in [0, 0.1) is 5.92 Å². The molecule has 1 heterocycles. The van der Waals surface area contributed by atoms with E-state index >= 15 is 0 Å². The second-order valence-electron chi connectivity index (χ2n) is 7.71. The van der Waals surface area contributed by atoms with Crippen LogP contribution in [0.25, 0.3) is 10.9 Å². The molecule has 0 fully saturated rings. The first-order valence-electron chi connectivity index (χ1n) is 10.1. The molecule has 0 aliphatic rings. The molecule has 1 aromatic heterocycles. The van der Waals surface area contributed by atoms with Crippen LogP contribution in [0.3, 0.4) is 0 Å². The Morgan fingerprint density at radius 3 is 2.32 bits per heavy atom. The van der Waals surface area contributed by atoms with Crippen molar-refractivity contribution in [2.75, 3.05) is 20.8 Å². The van der Waals surface area contributed by atoms with E-state index in [1.54, 1.807) is 36.4 Å². The van der Waals surface area contributed by atoms with Crippen molar-refractivity contribution in [2.45, 2.75) is 26.8 Å². The number of nitrogens with zero attached hydrogens (tertiary/aromatic N) is 1. The number of carbonyl (C=O) groups is 1. The number of benzene rings is 2. The molecule has 3 rings (SSSR count). The molecular weight excluding hydrogens is 398 g/mol. The highest BCUT2D eigenvalue weighted by molar-refractivity contribution is 5.94. The molecule has 31 heavy (non-hydrogen) atoms. The Labute approximate surface area is 179 Å². The molecule has 0 atom stereocenters. The van der Waals surface area contributed by atoms with E-state index in [1.165, 1.54) is 14.2 Å². The van der Waals surface area contributed by atoms with Crippen LogP contribution in [0.15, 0.2) is 46.0 Å². The summed E-state index contributed by atoms with van der Waals surface area (Å²) in [4.78, 5) is 40.4. The second kappa shape index (κ2) is 9.51. The van der Waals surface area contributed by atoms with Crippen LogP contribution < -0.4 is 26.0 Å². The number of ether oxygens (including phenoxy) is 2. The van der Waals surface area contributed by atoms with E-state index in [9.17, 15) is 14.4 Å². The number of methoxy groups -OCH3 is 2. The molecule has 0 bridgehead atoms. The Kier molecular flexibility index (Phi) is 6.79. The molecule has 0 saturated carbocycles. The number of H-pyrrole nitrogens is 1. The zero-order valence-electron chi connectivity index (χ0n) is 18.2. The zero-order chi connectivity index (χ0) is 22.5. The van der Waals surface area contributed by atoms with E-state index in [1.807, 2.05) is 0 Å². The van der Waals surface area contributed by atoms with E-state index in [-0.39, 0.29) is 12.5 Å². The number of carbonyl (C=O) groups excluding carboxylic acids is 1. The van der Waals surface area contributed by atoms with E-state index in [2.05, 4.69) is 24.1 Å². The third-order valence-corrected chi connectivity index (χ3v) is 5.05. The first-order chi connectivity index (χ1) is 14.8. The molecule has 0 saturated heterocycles. The molecule has 3 aromatic rings. The van der Waals surface area contributed by atoms with Crippen molar-refractivity contribution >= 4 is 16.8 Å². The summed E-state index contributed by atoms with van der Waals surface area (Å²) in [6.07, 6.45) is 0.911. The molecule has 0 aliphatic heterocycles. The number of nitrogens with one attached hydrogen (secondary N) is 2. The van der Waals surface area contributed by atoms with Crippen molar-refractivity contribution < 1.29 is 14.3 Å². The maximum absolute atomic E-state index is 13.0. The fraction of sp³-hybridized carbons (Fsp3) is 0.348. The van der Waals surface area contributed by atoms with Crippen molar-refractivity contribution in [1.82, 2.24) is 14.9 Å². The molecule has 164 valence electrons. The van der Waals surface area contributed by atoms with Crippen LogP contribution in [-0.4, -0.2) is 36.2 Å². The summed E-state index contributed by atoms with van der Waals surface area (Å²) in [5, 5.41) is 3.20. The van der Waals surface area contributed by atoms with Crippen molar-refractivity contribution in [2.24, 2.45) is 5.92 Å². The summed E-state index contributed by atoms with van der Waals surface area (Å²) in [6, 6.07) is 9.97. The fourth-order valence-corrected chi connectivity index (χ4v) is 3.24. The first-order valence-corrected chi connectivity index (χ1v) is 10.1. The van der Waals surface area contributed by atoms with E-state index in [0.717, 1.165) is 16.6 Å². The first kappa shape index (κ1) is 22.1. The Balaban J connectivity index is 1.85. The lowest BCUT2D eigenvalue weighted by Gasteiger charge is -2.11. The van der Waals surface area contributed by atoms with Gasteiger partial charge in [0.2, 0.25) is 0 Å². The quantitative estimate of drug-likeness (QED) is 0.577. The summed E-state index contributed by atoms with van der Waals surface area (Å²) < 4.78 is 11.6. The molecule has 8 heteroatoms. The van der Waals surface area contributed by atoms with Gasteiger partial charge in [-0.2, -0.15) is 0 Å². The highest BCUT2D eigenvalue weighted by Crippen LogP contribution is 2.29. The van der Waals surface area contributed by atoms with Crippen LogP contribution in [0.4, 0.5) is 0 Å². The summed E-state index contributed by atoms with van der Waals surface area (Å²) in [5.74, 6) is 1.19. The lowest BCUT2D eigenvalue weighted by Crippen LogP contribution is -2.35. The number of hydrogen-bond donors (Lipinski definition) is 2. The molecule has 0 radical (unpaired) electrons. The largest absolute Gasteiger partial charge is 0.493 e. The van der Waals surface area contributed by atoms with Gasteiger partial charge in [-0.05, 0) is 36.1 Å².